The monoisotopic (exact) mass is 270 g/mol. The molecule has 1 aromatic carbocycles. The summed E-state index contributed by atoms with van der Waals surface area (Å²) in [5.41, 5.74) is 1.70. The van der Waals surface area contributed by atoms with Crippen molar-refractivity contribution in [1.29, 1.82) is 0 Å². The Kier molecular flexibility index (Phi) is 6.54. The molecule has 5 heteroatoms. The first-order chi connectivity index (χ1) is 8.63. The Labute approximate surface area is 113 Å². The van der Waals surface area contributed by atoms with Gasteiger partial charge in [-0.3, -0.25) is 0 Å². The molecule has 1 aromatic rings. The number of nitrogens with one attached hydrogen (secondary N) is 2. The molecule has 2 amide bonds. The fourth-order valence-corrected chi connectivity index (χ4v) is 1.59. The lowest BCUT2D eigenvalue weighted by atomic mass is 10.2. The maximum Gasteiger partial charge on any atom is 0.319 e. The number of carbonyl (C=O) groups excluding carboxylic acids is 1. The summed E-state index contributed by atoms with van der Waals surface area (Å²) in [6.45, 7) is 5.81. The molecule has 0 aliphatic rings. The molecule has 18 heavy (non-hydrogen) atoms. The molecule has 2 N–H and O–H groups in total. The van der Waals surface area contributed by atoms with E-state index in [1.165, 1.54) is 0 Å². The molecule has 0 saturated carbocycles. The maximum absolute atomic E-state index is 11.6. The van der Waals surface area contributed by atoms with Gasteiger partial charge >= 0.3 is 6.03 Å². The Morgan fingerprint density at radius 1 is 1.44 bits per heavy atom. The van der Waals surface area contributed by atoms with Crippen molar-refractivity contribution in [1.82, 2.24) is 5.32 Å². The van der Waals surface area contributed by atoms with Crippen LogP contribution in [0.3, 0.4) is 0 Å². The molecule has 100 valence electrons. The van der Waals surface area contributed by atoms with Gasteiger partial charge in [0.25, 0.3) is 0 Å². The molecule has 0 bridgehead atoms. The number of ether oxygens (including phenoxy) is 1. The number of anilines is 1. The molecule has 1 rings (SSSR count). The molecule has 0 heterocycles. The van der Waals surface area contributed by atoms with E-state index < -0.39 is 0 Å². The number of halogens is 1. The standard InChI is InChI=1S/C13H19ClN2O2/c1-3-18-8-4-7-15-13(17)16-12-9-11(14)6-5-10(12)2/h5-6,9H,3-4,7-8H2,1-2H3,(H2,15,16,17). The topological polar surface area (TPSA) is 50.4 Å². The molecule has 0 atom stereocenters. The molecular formula is C13H19ClN2O2. The van der Waals surface area contributed by atoms with Crippen LogP contribution in [0.2, 0.25) is 5.02 Å². The van der Waals surface area contributed by atoms with Crippen molar-refractivity contribution >= 4 is 23.3 Å². The van der Waals surface area contributed by atoms with Crippen molar-refractivity contribution in [2.24, 2.45) is 0 Å². The van der Waals surface area contributed by atoms with Crippen LogP contribution in [0.5, 0.6) is 0 Å². The van der Waals surface area contributed by atoms with Gasteiger partial charge in [-0.05, 0) is 38.0 Å². The smallest absolute Gasteiger partial charge is 0.319 e. The summed E-state index contributed by atoms with van der Waals surface area (Å²) in [7, 11) is 0. The fraction of sp³-hybridized carbons (Fsp3) is 0.462. The van der Waals surface area contributed by atoms with Gasteiger partial charge in [0.05, 0.1) is 0 Å². The molecule has 0 spiro atoms. The Balaban J connectivity index is 2.33. The molecule has 0 unspecified atom stereocenters. The van der Waals surface area contributed by atoms with Gasteiger partial charge in [-0.15, -0.1) is 0 Å². The van der Waals surface area contributed by atoms with Crippen LogP contribution in [0.1, 0.15) is 18.9 Å². The lowest BCUT2D eigenvalue weighted by Gasteiger charge is -2.10. The van der Waals surface area contributed by atoms with E-state index in [1.807, 2.05) is 19.9 Å². The highest BCUT2D eigenvalue weighted by Gasteiger charge is 2.04. The van der Waals surface area contributed by atoms with E-state index >= 15 is 0 Å². The number of hydrogen-bond acceptors (Lipinski definition) is 2. The van der Waals surface area contributed by atoms with Crippen LogP contribution in [0.15, 0.2) is 18.2 Å². The third-order valence-electron chi connectivity index (χ3n) is 2.40. The first-order valence-corrected chi connectivity index (χ1v) is 6.40. The van der Waals surface area contributed by atoms with Crippen molar-refractivity contribution in [3.8, 4) is 0 Å². The first kappa shape index (κ1) is 14.8. The third-order valence-corrected chi connectivity index (χ3v) is 2.64. The highest BCUT2D eigenvalue weighted by Crippen LogP contribution is 2.19. The molecule has 0 saturated heterocycles. The van der Waals surface area contributed by atoms with Gasteiger partial charge in [0.2, 0.25) is 0 Å². The number of amides is 2. The number of hydrogen-bond donors (Lipinski definition) is 2. The lowest BCUT2D eigenvalue weighted by molar-refractivity contribution is 0.145. The normalized spacial score (nSPS) is 10.2. The summed E-state index contributed by atoms with van der Waals surface area (Å²) < 4.78 is 5.18. The predicted molar refractivity (Wildman–Crippen MR) is 74.3 cm³/mol. The lowest BCUT2D eigenvalue weighted by Crippen LogP contribution is -2.30. The van der Waals surface area contributed by atoms with Crippen LogP contribution < -0.4 is 10.6 Å². The Bertz CT molecular complexity index is 397. The molecule has 0 aromatic heterocycles. The van der Waals surface area contributed by atoms with E-state index in [1.54, 1.807) is 12.1 Å². The average Bonchev–Trinajstić information content (AvgIpc) is 2.33. The molecule has 0 aliphatic carbocycles. The van der Waals surface area contributed by atoms with E-state index in [0.717, 1.165) is 17.7 Å². The summed E-state index contributed by atoms with van der Waals surface area (Å²) in [5, 5.41) is 6.13. The van der Waals surface area contributed by atoms with Crippen LogP contribution in [0.25, 0.3) is 0 Å². The number of aryl methyl sites for hydroxylation is 1. The Morgan fingerprint density at radius 2 is 2.22 bits per heavy atom. The molecule has 4 nitrogen and oxygen atoms in total. The van der Waals surface area contributed by atoms with Crippen LogP contribution in [-0.2, 0) is 4.74 Å². The van der Waals surface area contributed by atoms with Crippen molar-refractivity contribution in [2.45, 2.75) is 20.3 Å². The molecule has 0 aliphatic heterocycles. The quantitative estimate of drug-likeness (QED) is 0.780. The van der Waals surface area contributed by atoms with E-state index in [2.05, 4.69) is 10.6 Å². The van der Waals surface area contributed by atoms with E-state index in [-0.39, 0.29) is 6.03 Å². The predicted octanol–water partition coefficient (Wildman–Crippen LogP) is 3.20. The van der Waals surface area contributed by atoms with E-state index in [4.69, 9.17) is 16.3 Å². The Hall–Kier alpha value is -1.26. The van der Waals surface area contributed by atoms with Crippen molar-refractivity contribution in [2.75, 3.05) is 25.1 Å². The van der Waals surface area contributed by atoms with Gasteiger partial charge in [0.1, 0.15) is 0 Å². The minimum Gasteiger partial charge on any atom is -0.382 e. The summed E-state index contributed by atoms with van der Waals surface area (Å²) >= 11 is 5.87. The largest absolute Gasteiger partial charge is 0.382 e. The van der Waals surface area contributed by atoms with Crippen LogP contribution in [0.4, 0.5) is 10.5 Å². The highest BCUT2D eigenvalue weighted by atomic mass is 35.5. The van der Waals surface area contributed by atoms with Gasteiger partial charge in [0, 0.05) is 30.5 Å². The minimum absolute atomic E-state index is 0.225. The van der Waals surface area contributed by atoms with E-state index in [9.17, 15) is 4.79 Å². The number of rotatable bonds is 6. The number of carbonyl (C=O) groups is 1. The second-order valence-electron chi connectivity index (χ2n) is 3.89. The zero-order valence-corrected chi connectivity index (χ0v) is 11.5. The van der Waals surface area contributed by atoms with Crippen molar-refractivity contribution < 1.29 is 9.53 Å². The fourth-order valence-electron chi connectivity index (χ4n) is 1.42. The third kappa shape index (κ3) is 5.38. The second-order valence-corrected chi connectivity index (χ2v) is 4.33. The average molecular weight is 271 g/mol. The van der Waals surface area contributed by atoms with Crippen LogP contribution >= 0.6 is 11.6 Å². The minimum atomic E-state index is -0.225. The van der Waals surface area contributed by atoms with Gasteiger partial charge < -0.3 is 15.4 Å². The SMILES string of the molecule is CCOCCCNC(=O)Nc1cc(Cl)ccc1C. The zero-order chi connectivity index (χ0) is 13.4. The maximum atomic E-state index is 11.6. The summed E-state index contributed by atoms with van der Waals surface area (Å²) in [4.78, 5) is 11.6. The van der Waals surface area contributed by atoms with Gasteiger partial charge in [0.15, 0.2) is 0 Å². The Morgan fingerprint density at radius 3 is 2.94 bits per heavy atom. The van der Waals surface area contributed by atoms with Crippen LogP contribution in [0, 0.1) is 6.92 Å². The summed E-state index contributed by atoms with van der Waals surface area (Å²) in [5.74, 6) is 0. The van der Waals surface area contributed by atoms with E-state index in [0.29, 0.717) is 24.8 Å². The van der Waals surface area contributed by atoms with Gasteiger partial charge in [-0.2, -0.15) is 0 Å². The number of urea groups is 1. The second kappa shape index (κ2) is 7.95. The molecular weight excluding hydrogens is 252 g/mol. The van der Waals surface area contributed by atoms with Gasteiger partial charge in [-0.1, -0.05) is 17.7 Å². The summed E-state index contributed by atoms with van der Waals surface area (Å²) in [6, 6.07) is 5.17. The zero-order valence-electron chi connectivity index (χ0n) is 10.8. The van der Waals surface area contributed by atoms with Crippen LogP contribution in [-0.4, -0.2) is 25.8 Å². The van der Waals surface area contributed by atoms with Gasteiger partial charge in [-0.25, -0.2) is 4.79 Å². The van der Waals surface area contributed by atoms with Crippen molar-refractivity contribution in [3.05, 3.63) is 28.8 Å². The highest BCUT2D eigenvalue weighted by molar-refractivity contribution is 6.31. The number of benzene rings is 1. The summed E-state index contributed by atoms with van der Waals surface area (Å²) in [6.07, 6.45) is 0.801. The molecule has 0 fully saturated rings. The van der Waals surface area contributed by atoms with Crippen molar-refractivity contribution in [3.63, 3.8) is 0 Å². The molecule has 0 radical (unpaired) electrons. The first-order valence-electron chi connectivity index (χ1n) is 6.02.